The maximum absolute atomic E-state index is 13.4. The summed E-state index contributed by atoms with van der Waals surface area (Å²) in [5.41, 5.74) is 4.00. The van der Waals surface area contributed by atoms with Crippen molar-refractivity contribution in [3.05, 3.63) is 102 Å². The van der Waals surface area contributed by atoms with E-state index >= 15 is 0 Å². The number of amides is 6. The molecule has 0 atom stereocenters. The number of benzene rings is 3. The number of urea groups is 3. The van der Waals surface area contributed by atoms with E-state index in [2.05, 4.69) is 41.7 Å². The smallest absolute Gasteiger partial charge is 0.331 e. The molecule has 246 valence electrons. The van der Waals surface area contributed by atoms with Crippen molar-refractivity contribution in [2.45, 2.75) is 39.7 Å². The number of aryl methyl sites for hydroxylation is 1. The second-order valence-electron chi connectivity index (χ2n) is 12.8. The normalized spacial score (nSPS) is 13.1. The SMILES string of the molecule is Cc1ccc(-n2nc(C(C)(C)C)cc2NC(=O)Nc2ccc(OCc3ccnc(NC(=O)N4CCN(C)C4=O)c3)c3ccccc23)cc1. The molecule has 3 heterocycles. The molecule has 5 aromatic rings. The van der Waals surface area contributed by atoms with Crippen LogP contribution in [0.5, 0.6) is 5.75 Å². The van der Waals surface area contributed by atoms with Crippen molar-refractivity contribution >= 4 is 46.2 Å². The lowest BCUT2D eigenvalue weighted by atomic mass is 9.92. The number of fused-ring (bicyclic) bond motifs is 1. The average Bonchev–Trinajstić information content (AvgIpc) is 3.64. The van der Waals surface area contributed by atoms with Gasteiger partial charge in [0.1, 0.15) is 24.0 Å². The highest BCUT2D eigenvalue weighted by molar-refractivity contribution is 6.07. The largest absolute Gasteiger partial charge is 0.488 e. The fraction of sp³-hybridized carbons (Fsp3) is 0.250. The van der Waals surface area contributed by atoms with Gasteiger partial charge in [-0.15, -0.1) is 0 Å². The topological polar surface area (TPSA) is 134 Å². The van der Waals surface area contributed by atoms with E-state index in [1.807, 2.05) is 67.6 Å². The Labute approximate surface area is 278 Å². The van der Waals surface area contributed by atoms with E-state index in [1.54, 1.807) is 36.1 Å². The highest BCUT2D eigenvalue weighted by atomic mass is 16.5. The first-order valence-electron chi connectivity index (χ1n) is 15.6. The number of nitrogens with zero attached hydrogens (tertiary/aromatic N) is 5. The van der Waals surface area contributed by atoms with Crippen molar-refractivity contribution < 1.29 is 19.1 Å². The summed E-state index contributed by atoms with van der Waals surface area (Å²) >= 11 is 0. The molecule has 0 radical (unpaired) electrons. The fourth-order valence-corrected chi connectivity index (χ4v) is 5.30. The van der Waals surface area contributed by atoms with Gasteiger partial charge in [0.2, 0.25) is 0 Å². The summed E-state index contributed by atoms with van der Waals surface area (Å²) in [5.74, 6) is 1.49. The van der Waals surface area contributed by atoms with Crippen LogP contribution in [0.1, 0.15) is 37.6 Å². The summed E-state index contributed by atoms with van der Waals surface area (Å²) in [6.07, 6.45) is 1.57. The molecule has 12 heteroatoms. The molecule has 1 aliphatic heterocycles. The summed E-state index contributed by atoms with van der Waals surface area (Å²) in [7, 11) is 1.65. The van der Waals surface area contributed by atoms with Crippen molar-refractivity contribution in [1.82, 2.24) is 24.6 Å². The third-order valence-electron chi connectivity index (χ3n) is 8.05. The van der Waals surface area contributed by atoms with Crippen LogP contribution in [0.25, 0.3) is 16.5 Å². The number of pyridine rings is 1. The van der Waals surface area contributed by atoms with E-state index in [0.717, 1.165) is 38.2 Å². The highest BCUT2D eigenvalue weighted by Crippen LogP contribution is 2.33. The van der Waals surface area contributed by atoms with Gasteiger partial charge in [0.05, 0.1) is 17.1 Å². The molecule has 3 N–H and O–H groups in total. The molecule has 0 bridgehead atoms. The molecule has 6 amide bonds. The molecular formula is C36H38N8O4. The monoisotopic (exact) mass is 646 g/mol. The lowest BCUT2D eigenvalue weighted by molar-refractivity contribution is 0.195. The predicted octanol–water partition coefficient (Wildman–Crippen LogP) is 7.15. The number of likely N-dealkylation sites (N-methyl/N-ethyl adjacent to an activating group) is 1. The van der Waals surface area contributed by atoms with Gasteiger partial charge in [0, 0.05) is 48.6 Å². The summed E-state index contributed by atoms with van der Waals surface area (Å²) in [6, 6.07) is 23.4. The van der Waals surface area contributed by atoms with Crippen molar-refractivity contribution in [2.24, 2.45) is 0 Å². The third-order valence-corrected chi connectivity index (χ3v) is 8.05. The van der Waals surface area contributed by atoms with Crippen molar-refractivity contribution in [2.75, 3.05) is 36.1 Å². The second kappa shape index (κ2) is 13.1. The Morgan fingerprint density at radius 2 is 1.65 bits per heavy atom. The Balaban J connectivity index is 1.16. The van der Waals surface area contributed by atoms with Gasteiger partial charge in [-0.1, -0.05) is 62.7 Å². The van der Waals surface area contributed by atoms with Gasteiger partial charge in [0.25, 0.3) is 0 Å². The Hall–Kier alpha value is -5.91. The molecule has 3 aromatic carbocycles. The number of nitrogens with one attached hydrogen (secondary N) is 3. The van der Waals surface area contributed by atoms with Gasteiger partial charge >= 0.3 is 18.1 Å². The zero-order valence-electron chi connectivity index (χ0n) is 27.6. The molecule has 1 fully saturated rings. The number of hydrogen-bond donors (Lipinski definition) is 3. The van der Waals surface area contributed by atoms with Crippen molar-refractivity contribution in [3.8, 4) is 11.4 Å². The number of carbonyl (C=O) groups is 3. The van der Waals surface area contributed by atoms with Crippen LogP contribution in [0.15, 0.2) is 85.1 Å². The van der Waals surface area contributed by atoms with E-state index in [-0.39, 0.29) is 18.1 Å². The van der Waals surface area contributed by atoms with Crippen molar-refractivity contribution in [1.29, 1.82) is 0 Å². The number of rotatable bonds is 7. The summed E-state index contributed by atoms with van der Waals surface area (Å²) in [6.45, 7) is 9.27. The minimum absolute atomic E-state index is 0.202. The summed E-state index contributed by atoms with van der Waals surface area (Å²) in [4.78, 5) is 45.0. The van der Waals surface area contributed by atoms with Crippen LogP contribution in [-0.2, 0) is 12.0 Å². The Kier molecular flexibility index (Phi) is 8.72. The Bertz CT molecular complexity index is 2000. The zero-order chi connectivity index (χ0) is 34.0. The lowest BCUT2D eigenvalue weighted by Gasteiger charge is -2.16. The maximum Gasteiger partial charge on any atom is 0.331 e. The molecule has 0 unspecified atom stereocenters. The molecule has 48 heavy (non-hydrogen) atoms. The Morgan fingerprint density at radius 1 is 0.896 bits per heavy atom. The van der Waals surface area contributed by atoms with Gasteiger partial charge in [0.15, 0.2) is 0 Å². The van der Waals surface area contributed by atoms with E-state index in [4.69, 9.17) is 9.84 Å². The first kappa shape index (κ1) is 32.0. The zero-order valence-corrected chi connectivity index (χ0v) is 27.6. The first-order valence-corrected chi connectivity index (χ1v) is 15.6. The number of aromatic nitrogens is 3. The van der Waals surface area contributed by atoms with Crippen molar-refractivity contribution in [3.63, 3.8) is 0 Å². The van der Waals surface area contributed by atoms with Gasteiger partial charge in [-0.25, -0.2) is 28.9 Å². The van der Waals surface area contributed by atoms with Gasteiger partial charge in [-0.3, -0.25) is 10.6 Å². The number of imide groups is 1. The summed E-state index contributed by atoms with van der Waals surface area (Å²) < 4.78 is 7.95. The number of carbonyl (C=O) groups excluding carboxylic acids is 3. The molecule has 0 saturated carbocycles. The first-order chi connectivity index (χ1) is 23.0. The van der Waals surface area contributed by atoms with Crippen LogP contribution in [-0.4, -0.2) is 62.8 Å². The number of anilines is 3. The van der Waals surface area contributed by atoms with Crippen LogP contribution >= 0.6 is 0 Å². The Morgan fingerprint density at radius 3 is 2.35 bits per heavy atom. The van der Waals surface area contributed by atoms with Crippen LogP contribution in [0.3, 0.4) is 0 Å². The molecule has 12 nitrogen and oxygen atoms in total. The molecule has 1 saturated heterocycles. The molecule has 1 aliphatic rings. The van der Waals surface area contributed by atoms with Crippen LogP contribution in [0, 0.1) is 6.92 Å². The number of ether oxygens (including phenoxy) is 1. The van der Waals surface area contributed by atoms with Crippen LogP contribution in [0.2, 0.25) is 0 Å². The minimum Gasteiger partial charge on any atom is -0.488 e. The molecular weight excluding hydrogens is 608 g/mol. The van der Waals surface area contributed by atoms with Gasteiger partial charge in [-0.2, -0.15) is 5.10 Å². The standard InChI is InChI=1S/C36H38N8O4/c1-23-10-12-25(13-11-23)44-32(21-30(41-44)36(2,3)4)40-33(45)38-28-14-15-29(27-9-7-6-8-26(27)28)48-22-24-16-17-37-31(20-24)39-34(46)43-19-18-42(5)35(43)47/h6-17,20-21H,18-19,22H2,1-5H3,(H,37,39,46)(H2,38,40,45). The number of hydrogen-bond acceptors (Lipinski definition) is 6. The molecule has 0 spiro atoms. The van der Waals surface area contributed by atoms with Crippen LogP contribution < -0.4 is 20.7 Å². The predicted molar refractivity (Wildman–Crippen MR) is 186 cm³/mol. The van der Waals surface area contributed by atoms with Crippen LogP contribution in [0.4, 0.5) is 31.7 Å². The highest BCUT2D eigenvalue weighted by Gasteiger charge is 2.31. The van der Waals surface area contributed by atoms with E-state index in [0.29, 0.717) is 36.2 Å². The second-order valence-corrected chi connectivity index (χ2v) is 12.8. The minimum atomic E-state index is -0.526. The fourth-order valence-electron chi connectivity index (χ4n) is 5.30. The quantitative estimate of drug-likeness (QED) is 0.172. The average molecular weight is 647 g/mol. The lowest BCUT2D eigenvalue weighted by Crippen LogP contribution is -2.38. The molecule has 6 rings (SSSR count). The molecule has 2 aromatic heterocycles. The molecule has 0 aliphatic carbocycles. The van der Waals surface area contributed by atoms with E-state index in [1.165, 1.54) is 4.90 Å². The van der Waals surface area contributed by atoms with E-state index in [9.17, 15) is 14.4 Å². The van der Waals surface area contributed by atoms with Gasteiger partial charge < -0.3 is 15.0 Å². The maximum atomic E-state index is 13.4. The third kappa shape index (κ3) is 6.92. The van der Waals surface area contributed by atoms with E-state index < -0.39 is 12.1 Å². The van der Waals surface area contributed by atoms with Gasteiger partial charge in [-0.05, 0) is 48.9 Å². The summed E-state index contributed by atoms with van der Waals surface area (Å²) in [5, 5.41) is 15.1.